The van der Waals surface area contributed by atoms with E-state index in [9.17, 15) is 9.90 Å². The molecule has 4 heteroatoms. The van der Waals surface area contributed by atoms with Gasteiger partial charge in [0.05, 0.1) is 6.42 Å². The fourth-order valence-electron chi connectivity index (χ4n) is 2.60. The van der Waals surface area contributed by atoms with Crippen molar-refractivity contribution in [2.24, 2.45) is 0 Å². The van der Waals surface area contributed by atoms with Crippen LogP contribution in [0.1, 0.15) is 30.4 Å². The first-order chi connectivity index (χ1) is 8.56. The average molecular weight is 249 g/mol. The summed E-state index contributed by atoms with van der Waals surface area (Å²) in [4.78, 5) is 13.0. The molecule has 1 saturated heterocycles. The molecular formula is C14H19NO3. The van der Waals surface area contributed by atoms with E-state index in [0.717, 1.165) is 30.5 Å². The number of carbonyl (C=O) groups is 1. The fourth-order valence-corrected chi connectivity index (χ4v) is 2.60. The summed E-state index contributed by atoms with van der Waals surface area (Å²) < 4.78 is 0. The molecule has 2 rings (SSSR count). The quantitative estimate of drug-likeness (QED) is 0.858. The molecule has 1 heterocycles. The van der Waals surface area contributed by atoms with E-state index in [1.54, 1.807) is 6.07 Å². The molecule has 1 atom stereocenters. The van der Waals surface area contributed by atoms with Gasteiger partial charge in [-0.25, -0.2) is 0 Å². The number of carboxylic acid groups (broad SMARTS) is 1. The molecule has 1 aliphatic heterocycles. The number of rotatable bonds is 4. The summed E-state index contributed by atoms with van der Waals surface area (Å²) in [6.45, 7) is 3.53. The minimum atomic E-state index is -0.750. The van der Waals surface area contributed by atoms with E-state index < -0.39 is 5.97 Å². The lowest BCUT2D eigenvalue weighted by Crippen LogP contribution is -2.30. The molecule has 98 valence electrons. The predicted molar refractivity (Wildman–Crippen MR) is 68.5 cm³/mol. The number of aryl methyl sites for hydroxylation is 1. The number of aliphatic carboxylic acids is 1. The maximum Gasteiger partial charge on any atom is 0.304 e. The largest absolute Gasteiger partial charge is 0.508 e. The van der Waals surface area contributed by atoms with E-state index in [-0.39, 0.29) is 12.5 Å². The maximum atomic E-state index is 10.8. The van der Waals surface area contributed by atoms with E-state index in [4.69, 9.17) is 5.11 Å². The summed E-state index contributed by atoms with van der Waals surface area (Å²) in [6, 6.07) is 5.64. The van der Waals surface area contributed by atoms with Crippen LogP contribution in [0.4, 0.5) is 0 Å². The van der Waals surface area contributed by atoms with Gasteiger partial charge in [0.2, 0.25) is 0 Å². The molecule has 18 heavy (non-hydrogen) atoms. The third-order valence-electron chi connectivity index (χ3n) is 3.52. The van der Waals surface area contributed by atoms with Crippen LogP contribution in [0.25, 0.3) is 0 Å². The van der Waals surface area contributed by atoms with Gasteiger partial charge in [0.25, 0.3) is 0 Å². The Morgan fingerprint density at radius 3 is 3.00 bits per heavy atom. The number of hydrogen-bond acceptors (Lipinski definition) is 3. The number of carboxylic acids is 1. The number of nitrogens with zero attached hydrogens (tertiary/aromatic N) is 1. The monoisotopic (exact) mass is 249 g/mol. The highest BCUT2D eigenvalue weighted by Gasteiger charge is 2.26. The number of likely N-dealkylation sites (tertiary alicyclic amines) is 1. The van der Waals surface area contributed by atoms with Crippen molar-refractivity contribution in [3.63, 3.8) is 0 Å². The second-order valence-corrected chi connectivity index (χ2v) is 5.00. The topological polar surface area (TPSA) is 60.8 Å². The first-order valence-electron chi connectivity index (χ1n) is 6.30. The minimum Gasteiger partial charge on any atom is -0.508 e. The van der Waals surface area contributed by atoms with Gasteiger partial charge in [0, 0.05) is 18.2 Å². The Balaban J connectivity index is 2.08. The van der Waals surface area contributed by atoms with Gasteiger partial charge < -0.3 is 10.2 Å². The molecule has 1 aromatic carbocycles. The number of phenolic OH excluding ortho intramolecular Hbond substituents is 1. The standard InChI is InChI=1S/C14H19NO3/c1-10-4-5-13(16)11(7-10)9-15-6-2-3-12(15)8-14(17)18/h4-5,7,12,16H,2-3,6,8-9H2,1H3,(H,17,18). The van der Waals surface area contributed by atoms with Crippen molar-refractivity contribution in [1.82, 2.24) is 4.90 Å². The van der Waals surface area contributed by atoms with E-state index in [1.165, 1.54) is 0 Å². The van der Waals surface area contributed by atoms with Crippen molar-refractivity contribution in [1.29, 1.82) is 0 Å². The first-order valence-corrected chi connectivity index (χ1v) is 6.30. The first kappa shape index (κ1) is 12.9. The summed E-state index contributed by atoms with van der Waals surface area (Å²) in [7, 11) is 0. The SMILES string of the molecule is Cc1ccc(O)c(CN2CCCC2CC(=O)O)c1. The molecule has 4 nitrogen and oxygen atoms in total. The molecule has 1 aliphatic rings. The van der Waals surface area contributed by atoms with Gasteiger partial charge in [-0.3, -0.25) is 9.69 Å². The molecule has 0 aliphatic carbocycles. The summed E-state index contributed by atoms with van der Waals surface area (Å²) in [5.41, 5.74) is 1.99. The number of phenols is 1. The zero-order chi connectivity index (χ0) is 13.1. The number of hydrogen-bond donors (Lipinski definition) is 2. The van der Waals surface area contributed by atoms with E-state index >= 15 is 0 Å². The maximum absolute atomic E-state index is 10.8. The Hall–Kier alpha value is -1.55. The smallest absolute Gasteiger partial charge is 0.304 e. The Morgan fingerprint density at radius 1 is 1.50 bits per heavy atom. The van der Waals surface area contributed by atoms with Crippen molar-refractivity contribution in [3.05, 3.63) is 29.3 Å². The van der Waals surface area contributed by atoms with Crippen molar-refractivity contribution in [2.75, 3.05) is 6.54 Å². The van der Waals surface area contributed by atoms with Crippen molar-refractivity contribution < 1.29 is 15.0 Å². The van der Waals surface area contributed by atoms with Crippen LogP contribution in [-0.4, -0.2) is 33.7 Å². The van der Waals surface area contributed by atoms with Crippen LogP contribution >= 0.6 is 0 Å². The van der Waals surface area contributed by atoms with Gasteiger partial charge >= 0.3 is 5.97 Å². The minimum absolute atomic E-state index is 0.0995. The van der Waals surface area contributed by atoms with Crippen molar-refractivity contribution >= 4 is 5.97 Å². The fraction of sp³-hybridized carbons (Fsp3) is 0.500. The van der Waals surface area contributed by atoms with Crippen LogP contribution in [0, 0.1) is 6.92 Å². The molecule has 0 saturated carbocycles. The molecule has 0 amide bonds. The average Bonchev–Trinajstić information content (AvgIpc) is 2.70. The molecule has 0 radical (unpaired) electrons. The van der Waals surface area contributed by atoms with Crippen LogP contribution in [-0.2, 0) is 11.3 Å². The van der Waals surface area contributed by atoms with Crippen molar-refractivity contribution in [2.45, 2.75) is 38.8 Å². The summed E-state index contributed by atoms with van der Waals surface area (Å²) in [5, 5.41) is 18.7. The van der Waals surface area contributed by atoms with Crippen LogP contribution < -0.4 is 0 Å². The summed E-state index contributed by atoms with van der Waals surface area (Å²) in [5.74, 6) is -0.457. The number of aromatic hydroxyl groups is 1. The lowest BCUT2D eigenvalue weighted by molar-refractivity contribution is -0.138. The zero-order valence-electron chi connectivity index (χ0n) is 10.6. The summed E-state index contributed by atoms with van der Waals surface area (Å²) in [6.07, 6.45) is 2.15. The molecule has 1 unspecified atom stereocenters. The Bertz CT molecular complexity index is 445. The highest BCUT2D eigenvalue weighted by Crippen LogP contribution is 2.26. The second-order valence-electron chi connectivity index (χ2n) is 5.00. The van der Waals surface area contributed by atoms with E-state index in [2.05, 4.69) is 4.90 Å². The molecule has 2 N–H and O–H groups in total. The van der Waals surface area contributed by atoms with Gasteiger partial charge in [-0.15, -0.1) is 0 Å². The predicted octanol–water partition coefficient (Wildman–Crippen LogP) is 2.14. The molecular weight excluding hydrogens is 230 g/mol. The van der Waals surface area contributed by atoms with Crippen LogP contribution in [0.15, 0.2) is 18.2 Å². The van der Waals surface area contributed by atoms with Gasteiger partial charge in [0.1, 0.15) is 5.75 Å². The van der Waals surface area contributed by atoms with Crippen LogP contribution in [0.3, 0.4) is 0 Å². The zero-order valence-corrected chi connectivity index (χ0v) is 10.6. The normalized spacial score (nSPS) is 20.2. The molecule has 0 spiro atoms. The van der Waals surface area contributed by atoms with Gasteiger partial charge in [-0.2, -0.15) is 0 Å². The Labute approximate surface area is 107 Å². The van der Waals surface area contributed by atoms with E-state index in [1.807, 2.05) is 19.1 Å². The van der Waals surface area contributed by atoms with Crippen LogP contribution in [0.5, 0.6) is 5.75 Å². The Morgan fingerprint density at radius 2 is 2.28 bits per heavy atom. The Kier molecular flexibility index (Phi) is 3.87. The molecule has 1 fully saturated rings. The second kappa shape index (κ2) is 5.40. The number of benzene rings is 1. The highest BCUT2D eigenvalue weighted by molar-refractivity contribution is 5.67. The van der Waals surface area contributed by atoms with Crippen LogP contribution in [0.2, 0.25) is 0 Å². The highest BCUT2D eigenvalue weighted by atomic mass is 16.4. The molecule has 0 aromatic heterocycles. The van der Waals surface area contributed by atoms with E-state index in [0.29, 0.717) is 12.3 Å². The van der Waals surface area contributed by atoms with Gasteiger partial charge in [0.15, 0.2) is 0 Å². The lowest BCUT2D eigenvalue weighted by atomic mass is 10.1. The van der Waals surface area contributed by atoms with Gasteiger partial charge in [-0.1, -0.05) is 17.7 Å². The third-order valence-corrected chi connectivity index (χ3v) is 3.52. The third kappa shape index (κ3) is 3.01. The summed E-state index contributed by atoms with van der Waals surface area (Å²) >= 11 is 0. The molecule has 1 aromatic rings. The lowest BCUT2D eigenvalue weighted by Gasteiger charge is -2.23. The van der Waals surface area contributed by atoms with Crippen molar-refractivity contribution in [3.8, 4) is 5.75 Å². The molecule has 0 bridgehead atoms. The van der Waals surface area contributed by atoms with Gasteiger partial charge in [-0.05, 0) is 32.4 Å².